The van der Waals surface area contributed by atoms with Gasteiger partial charge in [-0.3, -0.25) is 9.97 Å². The van der Waals surface area contributed by atoms with Crippen molar-refractivity contribution in [1.29, 1.82) is 0 Å². The molecule has 1 aliphatic rings. The molecule has 2 aromatic heterocycles. The third-order valence-corrected chi connectivity index (χ3v) is 4.14. The molecule has 2 aromatic carbocycles. The van der Waals surface area contributed by atoms with Crippen LogP contribution in [0.1, 0.15) is 0 Å². The van der Waals surface area contributed by atoms with Gasteiger partial charge in [-0.15, -0.1) is 0 Å². The highest BCUT2D eigenvalue weighted by molar-refractivity contribution is 5.88. The maximum absolute atomic E-state index is 5.69. The Balaban J connectivity index is 0.000000126. The largest absolute Gasteiger partial charge is 0.399 e. The van der Waals surface area contributed by atoms with Gasteiger partial charge in [0.15, 0.2) is 0 Å². The van der Waals surface area contributed by atoms with Crippen molar-refractivity contribution >= 4 is 33.2 Å². The van der Waals surface area contributed by atoms with E-state index in [0.717, 1.165) is 59.5 Å². The van der Waals surface area contributed by atoms with E-state index in [2.05, 4.69) is 15.3 Å². The smallest absolute Gasteiger partial charge is 0.0931 e. The molecule has 0 spiro atoms. The van der Waals surface area contributed by atoms with Crippen molar-refractivity contribution < 1.29 is 4.74 Å². The second-order valence-corrected chi connectivity index (χ2v) is 6.24. The standard InChI is InChI=1S/2C9H8N2.C4H9NO/c10-8-5-1-3-7-4-2-6-11-9(7)8;10-8-3-4-9-7(6-8)2-1-5-11-9;1-3-6-4-2-5-1/h2*1-6H,10H2;5H,1-4H2. The number of ether oxygens (including phenoxy) is 1. The fraction of sp³-hybridized carbons (Fsp3) is 0.182. The molecule has 1 saturated heterocycles. The average Bonchev–Trinajstić information content (AvgIpc) is 2.76. The number of nitrogen functional groups attached to an aromatic ring is 2. The maximum Gasteiger partial charge on any atom is 0.0931 e. The first kappa shape index (κ1) is 19.5. The van der Waals surface area contributed by atoms with Crippen LogP contribution in [0, 0.1) is 0 Å². The van der Waals surface area contributed by atoms with Gasteiger partial charge in [-0.1, -0.05) is 24.3 Å². The number of aromatic nitrogens is 2. The van der Waals surface area contributed by atoms with Crippen LogP contribution in [-0.4, -0.2) is 36.3 Å². The Kier molecular flexibility index (Phi) is 7.12. The van der Waals surface area contributed by atoms with Crippen molar-refractivity contribution in [3.05, 3.63) is 73.1 Å². The topological polar surface area (TPSA) is 99.1 Å². The Morgan fingerprint density at radius 3 is 2.18 bits per heavy atom. The highest BCUT2D eigenvalue weighted by atomic mass is 16.5. The van der Waals surface area contributed by atoms with E-state index >= 15 is 0 Å². The van der Waals surface area contributed by atoms with Crippen molar-refractivity contribution in [2.24, 2.45) is 0 Å². The molecular weight excluding hydrogens is 350 g/mol. The number of hydrogen-bond donors (Lipinski definition) is 3. The predicted octanol–water partition coefficient (Wildman–Crippen LogP) is 3.24. The summed E-state index contributed by atoms with van der Waals surface area (Å²) in [5, 5.41) is 5.34. The number of pyridine rings is 2. The molecule has 3 heterocycles. The lowest BCUT2D eigenvalue weighted by Gasteiger charge is -2.10. The van der Waals surface area contributed by atoms with Gasteiger partial charge in [-0.25, -0.2) is 0 Å². The molecule has 1 aliphatic heterocycles. The van der Waals surface area contributed by atoms with Crippen molar-refractivity contribution in [3.63, 3.8) is 0 Å². The van der Waals surface area contributed by atoms with Crippen LogP contribution >= 0.6 is 0 Å². The van der Waals surface area contributed by atoms with Crippen LogP contribution in [0.2, 0.25) is 0 Å². The van der Waals surface area contributed by atoms with E-state index in [-0.39, 0.29) is 0 Å². The van der Waals surface area contributed by atoms with Crippen LogP contribution in [0.3, 0.4) is 0 Å². The summed E-state index contributed by atoms with van der Waals surface area (Å²) in [5.74, 6) is 0. The fourth-order valence-electron chi connectivity index (χ4n) is 2.74. The van der Waals surface area contributed by atoms with Gasteiger partial charge in [0.25, 0.3) is 0 Å². The third kappa shape index (κ3) is 5.64. The molecule has 0 amide bonds. The lowest BCUT2D eigenvalue weighted by atomic mass is 10.2. The summed E-state index contributed by atoms with van der Waals surface area (Å²) in [5.41, 5.74) is 14.7. The monoisotopic (exact) mass is 375 g/mol. The predicted molar refractivity (Wildman–Crippen MR) is 116 cm³/mol. The number of nitrogens with one attached hydrogen (secondary N) is 1. The van der Waals surface area contributed by atoms with Gasteiger partial charge in [-0.2, -0.15) is 0 Å². The molecule has 5 rings (SSSR count). The molecule has 0 aliphatic carbocycles. The van der Waals surface area contributed by atoms with Gasteiger partial charge in [0, 0.05) is 41.9 Å². The number of rotatable bonds is 0. The van der Waals surface area contributed by atoms with Crippen LogP contribution in [0.4, 0.5) is 11.4 Å². The van der Waals surface area contributed by atoms with Gasteiger partial charge in [0.2, 0.25) is 0 Å². The minimum Gasteiger partial charge on any atom is -0.399 e. The van der Waals surface area contributed by atoms with Gasteiger partial charge >= 0.3 is 0 Å². The Labute approximate surface area is 164 Å². The number of hydrogen-bond acceptors (Lipinski definition) is 6. The molecular formula is C22H25N5O. The fourth-order valence-corrected chi connectivity index (χ4v) is 2.74. The van der Waals surface area contributed by atoms with Crippen LogP contribution in [0.15, 0.2) is 73.1 Å². The van der Waals surface area contributed by atoms with Crippen molar-refractivity contribution in [1.82, 2.24) is 15.3 Å². The normalized spacial score (nSPS) is 13.1. The molecule has 0 unspecified atom stereocenters. The molecule has 1 fully saturated rings. The SMILES string of the molecule is C1COCCN1.Nc1ccc2ncccc2c1.Nc1cccc2cccnc12. The Bertz CT molecular complexity index is 994. The Morgan fingerprint density at radius 2 is 1.50 bits per heavy atom. The summed E-state index contributed by atoms with van der Waals surface area (Å²) in [4.78, 5) is 8.32. The summed E-state index contributed by atoms with van der Waals surface area (Å²) in [7, 11) is 0. The lowest BCUT2D eigenvalue weighted by molar-refractivity contribution is 0.109. The summed E-state index contributed by atoms with van der Waals surface area (Å²) in [6.45, 7) is 3.83. The first-order valence-electron chi connectivity index (χ1n) is 9.22. The number of para-hydroxylation sites is 1. The van der Waals surface area contributed by atoms with E-state index < -0.39 is 0 Å². The number of benzene rings is 2. The van der Waals surface area contributed by atoms with E-state index in [1.54, 1.807) is 12.4 Å². The molecule has 28 heavy (non-hydrogen) atoms. The van der Waals surface area contributed by atoms with E-state index in [1.807, 2.05) is 60.7 Å². The molecule has 0 radical (unpaired) electrons. The van der Waals surface area contributed by atoms with Crippen LogP contribution in [0.5, 0.6) is 0 Å². The Hall–Kier alpha value is -3.22. The van der Waals surface area contributed by atoms with Gasteiger partial charge in [0.1, 0.15) is 0 Å². The van der Waals surface area contributed by atoms with E-state index in [9.17, 15) is 0 Å². The van der Waals surface area contributed by atoms with Crippen molar-refractivity contribution in [3.8, 4) is 0 Å². The lowest BCUT2D eigenvalue weighted by Crippen LogP contribution is -2.30. The third-order valence-electron chi connectivity index (χ3n) is 4.14. The van der Waals surface area contributed by atoms with Crippen molar-refractivity contribution in [2.45, 2.75) is 0 Å². The summed E-state index contributed by atoms with van der Waals surface area (Å²) in [6, 6.07) is 19.3. The summed E-state index contributed by atoms with van der Waals surface area (Å²) in [6.07, 6.45) is 3.53. The summed E-state index contributed by atoms with van der Waals surface area (Å²) >= 11 is 0. The van der Waals surface area contributed by atoms with Crippen LogP contribution in [-0.2, 0) is 4.74 Å². The molecule has 0 saturated carbocycles. The van der Waals surface area contributed by atoms with Gasteiger partial charge < -0.3 is 21.5 Å². The van der Waals surface area contributed by atoms with Crippen LogP contribution in [0.25, 0.3) is 21.8 Å². The number of fused-ring (bicyclic) bond motifs is 2. The first-order chi connectivity index (χ1) is 13.7. The first-order valence-corrected chi connectivity index (χ1v) is 9.22. The number of nitrogens with two attached hydrogens (primary N) is 2. The molecule has 5 N–H and O–H groups in total. The molecule has 144 valence electrons. The second-order valence-electron chi connectivity index (χ2n) is 6.24. The Morgan fingerprint density at radius 1 is 0.786 bits per heavy atom. The highest BCUT2D eigenvalue weighted by Gasteiger charge is 1.95. The number of nitrogens with zero attached hydrogens (tertiary/aromatic N) is 2. The molecule has 6 nitrogen and oxygen atoms in total. The second kappa shape index (κ2) is 10.2. The molecule has 4 aromatic rings. The van der Waals surface area contributed by atoms with E-state index in [1.165, 1.54) is 0 Å². The van der Waals surface area contributed by atoms with Gasteiger partial charge in [-0.05, 0) is 36.4 Å². The number of anilines is 2. The zero-order valence-corrected chi connectivity index (χ0v) is 15.7. The zero-order valence-electron chi connectivity index (χ0n) is 15.7. The van der Waals surface area contributed by atoms with E-state index in [0.29, 0.717) is 0 Å². The quantitative estimate of drug-likeness (QED) is 0.408. The van der Waals surface area contributed by atoms with Crippen LogP contribution < -0.4 is 16.8 Å². The average molecular weight is 375 g/mol. The number of morpholine rings is 1. The van der Waals surface area contributed by atoms with Gasteiger partial charge in [0.05, 0.1) is 29.9 Å². The van der Waals surface area contributed by atoms with Crippen molar-refractivity contribution in [2.75, 3.05) is 37.8 Å². The van der Waals surface area contributed by atoms with E-state index in [4.69, 9.17) is 16.2 Å². The molecule has 6 heteroatoms. The minimum atomic E-state index is 0.739. The highest BCUT2D eigenvalue weighted by Crippen LogP contribution is 2.16. The maximum atomic E-state index is 5.69. The zero-order chi connectivity index (χ0) is 19.6. The molecule has 0 bridgehead atoms. The molecule has 0 atom stereocenters. The minimum absolute atomic E-state index is 0.739. The summed E-state index contributed by atoms with van der Waals surface area (Å²) < 4.78 is 5.01.